The SMILES string of the molecule is Fc1sc(-c2c(-c3c(-c4c(-c5c(-c6sc(F)c(F)c6C(F)(F)C(F)(F)C(F)(F)C(F)(F)C(F)(F)C(F)(F)F)sc(F)c5F)sc(F)c4F)sc(F)c3F)sc(F)c2F)c(F)c1F. The van der Waals surface area contributed by atoms with E-state index in [4.69, 9.17) is 0 Å². The molecule has 0 atom stereocenters. The highest BCUT2D eigenvalue weighted by atomic mass is 32.1. The zero-order valence-corrected chi connectivity index (χ0v) is 32.2. The number of rotatable bonds is 10. The van der Waals surface area contributed by atoms with Crippen LogP contribution in [0.3, 0.4) is 0 Å². The fourth-order valence-corrected chi connectivity index (χ4v) is 11.3. The lowest BCUT2D eigenvalue weighted by Crippen LogP contribution is -2.69. The molecule has 32 heteroatoms. The van der Waals surface area contributed by atoms with Crippen LogP contribution in [0, 0.1) is 71.5 Å². The van der Waals surface area contributed by atoms with E-state index in [1.165, 1.54) is 0 Å². The van der Waals surface area contributed by atoms with Crippen molar-refractivity contribution in [3.05, 3.63) is 77.1 Å². The number of alkyl halides is 13. The summed E-state index contributed by atoms with van der Waals surface area (Å²) in [4.78, 5) is -11.1. The average Bonchev–Trinajstić information content (AvgIpc) is 3.94. The molecule has 6 aromatic rings. The lowest BCUT2D eigenvalue weighted by molar-refractivity contribution is -0.441. The molecule has 0 aliphatic heterocycles. The van der Waals surface area contributed by atoms with Crippen LogP contribution in [-0.2, 0) is 5.92 Å². The van der Waals surface area contributed by atoms with Gasteiger partial charge in [-0.25, -0.2) is 26.3 Å². The first-order valence-corrected chi connectivity index (χ1v) is 19.5. The van der Waals surface area contributed by atoms with Gasteiger partial charge in [-0.2, -0.15) is 87.8 Å². The lowest BCUT2D eigenvalue weighted by atomic mass is 9.90. The highest BCUT2D eigenvalue weighted by molar-refractivity contribution is 7.22. The molecule has 62 heavy (non-hydrogen) atoms. The minimum absolute atomic E-state index is 0.632. The number of hydrogen-bond acceptors (Lipinski definition) is 6. The summed E-state index contributed by atoms with van der Waals surface area (Å²) in [6.07, 6.45) is -7.91. The van der Waals surface area contributed by atoms with E-state index < -0.39 is 232 Å². The number of thiophene rings is 6. The Balaban J connectivity index is 1.64. The predicted molar refractivity (Wildman–Crippen MR) is 170 cm³/mol. The Hall–Kier alpha value is -3.62. The van der Waals surface area contributed by atoms with Crippen molar-refractivity contribution in [3.8, 4) is 51.5 Å². The van der Waals surface area contributed by atoms with Crippen LogP contribution in [0.1, 0.15) is 5.56 Å². The first-order valence-electron chi connectivity index (χ1n) is 14.6. The van der Waals surface area contributed by atoms with Crippen molar-refractivity contribution in [1.29, 1.82) is 0 Å². The van der Waals surface area contributed by atoms with Crippen LogP contribution >= 0.6 is 68.0 Å². The maximum absolute atomic E-state index is 15.7. The van der Waals surface area contributed by atoms with E-state index in [1.807, 2.05) is 0 Å². The minimum Gasteiger partial charge on any atom is -0.202 e. The monoisotopic (exact) mass is 1050 g/mol. The van der Waals surface area contributed by atoms with Gasteiger partial charge in [-0.15, -0.1) is 56.7 Å². The Kier molecular flexibility index (Phi) is 11.6. The Bertz CT molecular complexity index is 2770. The molecule has 0 saturated heterocycles. The summed E-state index contributed by atoms with van der Waals surface area (Å²) >= 11 is -5.49. The molecular formula is C30F26S6. The molecule has 0 aliphatic rings. The summed E-state index contributed by atoms with van der Waals surface area (Å²) < 4.78 is 376. The van der Waals surface area contributed by atoms with Crippen molar-refractivity contribution in [2.45, 2.75) is 35.8 Å². The van der Waals surface area contributed by atoms with E-state index in [2.05, 4.69) is 0 Å². The van der Waals surface area contributed by atoms with Crippen molar-refractivity contribution in [2.24, 2.45) is 0 Å². The Morgan fingerprint density at radius 3 is 0.871 bits per heavy atom. The van der Waals surface area contributed by atoms with Gasteiger partial charge < -0.3 is 0 Å². The van der Waals surface area contributed by atoms with Crippen molar-refractivity contribution < 1.29 is 114 Å². The summed E-state index contributed by atoms with van der Waals surface area (Å²) in [5.74, 6) is -59.6. The molecule has 338 valence electrons. The van der Waals surface area contributed by atoms with E-state index in [9.17, 15) is 83.4 Å². The minimum atomic E-state index is -8.64. The van der Waals surface area contributed by atoms with Gasteiger partial charge in [-0.3, -0.25) is 0 Å². The first kappa shape index (κ1) is 47.8. The molecule has 0 spiro atoms. The molecule has 6 heterocycles. The molecule has 0 saturated carbocycles. The van der Waals surface area contributed by atoms with Crippen LogP contribution in [0.2, 0.25) is 0 Å². The van der Waals surface area contributed by atoms with Gasteiger partial charge >= 0.3 is 35.8 Å². The second kappa shape index (κ2) is 15.0. The molecule has 0 radical (unpaired) electrons. The fourth-order valence-electron chi connectivity index (χ4n) is 5.31. The van der Waals surface area contributed by atoms with Gasteiger partial charge in [0.25, 0.3) is 0 Å². The van der Waals surface area contributed by atoms with Gasteiger partial charge in [0.2, 0.25) is 36.6 Å². The molecular weight excluding hydrogens is 1050 g/mol. The van der Waals surface area contributed by atoms with Crippen LogP contribution in [-0.4, -0.2) is 29.9 Å². The lowest BCUT2D eigenvalue weighted by Gasteiger charge is -2.39. The van der Waals surface area contributed by atoms with Gasteiger partial charge in [0.1, 0.15) is 0 Å². The summed E-state index contributed by atoms with van der Waals surface area (Å²) in [6.45, 7) is 0. The van der Waals surface area contributed by atoms with Crippen LogP contribution in [0.25, 0.3) is 51.5 Å². The summed E-state index contributed by atoms with van der Waals surface area (Å²) in [5, 5.41) is -14.2. The highest BCUT2D eigenvalue weighted by Gasteiger charge is 2.91. The molecule has 0 aromatic carbocycles. The Morgan fingerprint density at radius 2 is 0.516 bits per heavy atom. The third-order valence-corrected chi connectivity index (χ3v) is 14.1. The molecule has 0 nitrogen and oxygen atoms in total. The van der Waals surface area contributed by atoms with Crippen LogP contribution in [0.4, 0.5) is 114 Å². The molecule has 0 aliphatic carbocycles. The predicted octanol–water partition coefficient (Wildman–Crippen LogP) is 16.4. The van der Waals surface area contributed by atoms with Crippen LogP contribution in [0.5, 0.6) is 0 Å². The van der Waals surface area contributed by atoms with Crippen LogP contribution < -0.4 is 0 Å². The molecule has 6 rings (SSSR count). The molecule has 0 bridgehead atoms. The van der Waals surface area contributed by atoms with E-state index >= 15 is 30.7 Å². The van der Waals surface area contributed by atoms with Crippen molar-refractivity contribution in [2.75, 3.05) is 0 Å². The molecule has 6 aromatic heterocycles. The van der Waals surface area contributed by atoms with E-state index in [0.717, 1.165) is 0 Å². The fraction of sp³-hybridized carbons (Fsp3) is 0.200. The zero-order valence-electron chi connectivity index (χ0n) is 27.3. The summed E-state index contributed by atoms with van der Waals surface area (Å²) in [6, 6.07) is 0. The smallest absolute Gasteiger partial charge is 0.202 e. The molecule has 0 fully saturated rings. The molecule has 0 N–H and O–H groups in total. The third kappa shape index (κ3) is 6.48. The van der Waals surface area contributed by atoms with Crippen molar-refractivity contribution in [1.82, 2.24) is 0 Å². The second-order valence-electron chi connectivity index (χ2n) is 11.7. The first-order chi connectivity index (χ1) is 28.1. The molecule has 0 unspecified atom stereocenters. The van der Waals surface area contributed by atoms with Gasteiger partial charge in [-0.05, 0) is 0 Å². The van der Waals surface area contributed by atoms with Crippen molar-refractivity contribution in [3.63, 3.8) is 0 Å². The number of hydrogen-bond donors (Lipinski definition) is 0. The van der Waals surface area contributed by atoms with Gasteiger partial charge in [0.15, 0.2) is 34.9 Å². The number of halogens is 26. The van der Waals surface area contributed by atoms with Gasteiger partial charge in [0.05, 0.1) is 57.1 Å². The van der Waals surface area contributed by atoms with E-state index in [0.29, 0.717) is 0 Å². The molecule has 0 amide bonds. The topological polar surface area (TPSA) is 0 Å². The zero-order chi connectivity index (χ0) is 47.1. The van der Waals surface area contributed by atoms with E-state index in [1.54, 1.807) is 0 Å². The van der Waals surface area contributed by atoms with E-state index in [-0.39, 0.29) is 0 Å². The average molecular weight is 1050 g/mol. The summed E-state index contributed by atoms with van der Waals surface area (Å²) in [5.41, 5.74) is -11.2. The maximum Gasteiger partial charge on any atom is 0.460 e. The van der Waals surface area contributed by atoms with Crippen LogP contribution in [0.15, 0.2) is 0 Å². The van der Waals surface area contributed by atoms with Crippen molar-refractivity contribution >= 4 is 68.0 Å². The quantitative estimate of drug-likeness (QED) is 0.120. The maximum atomic E-state index is 15.7. The third-order valence-electron chi connectivity index (χ3n) is 8.17. The Labute approximate surface area is 345 Å². The standard InChI is InChI=1S/C30F26S6/c31-6-1(14-3(8(33)21(40)58-14)16-11(36)12(37)24(43)60-16)13(57-19(6)38)2-7(32)20(39)59-15(2)4-9(34)22(41)61-17(4)18-5(10(35)23(42)62-18)25(44,45)26(46,47)27(48,49)28(50,51)29(52,53)30(54,55)56. The van der Waals surface area contributed by atoms with Gasteiger partial charge in [0, 0.05) is 0 Å². The Morgan fingerprint density at radius 1 is 0.242 bits per heavy atom. The van der Waals surface area contributed by atoms with Gasteiger partial charge in [-0.1, -0.05) is 11.3 Å². The normalized spacial score (nSPS) is 13.6. The summed E-state index contributed by atoms with van der Waals surface area (Å²) in [7, 11) is 0. The largest absolute Gasteiger partial charge is 0.460 e. The highest BCUT2D eigenvalue weighted by Crippen LogP contribution is 2.65. The second-order valence-corrected chi connectivity index (χ2v) is 17.5.